The second-order valence-corrected chi connectivity index (χ2v) is 10.2. The van der Waals surface area contributed by atoms with Crippen LogP contribution in [0.2, 0.25) is 5.02 Å². The largest absolute Gasteiger partial charge is 0.490 e. The van der Waals surface area contributed by atoms with Gasteiger partial charge in [-0.1, -0.05) is 53.5 Å². The zero-order chi connectivity index (χ0) is 22.8. The van der Waals surface area contributed by atoms with Crippen LogP contribution in [0, 0.1) is 5.92 Å². The Morgan fingerprint density at radius 1 is 1.19 bits per heavy atom. The van der Waals surface area contributed by atoms with Crippen molar-refractivity contribution in [1.82, 2.24) is 9.47 Å². The Bertz CT molecular complexity index is 1220. The smallest absolute Gasteiger partial charge is 0.293 e. The van der Waals surface area contributed by atoms with E-state index in [0.29, 0.717) is 35.4 Å². The van der Waals surface area contributed by atoms with Crippen molar-refractivity contribution >= 4 is 67.4 Å². The SMILES string of the molecule is CC(C)CN1C(=O)S/C(=C\c2cn(CCOc3ccccc3Cl)c3ccc(Br)cc23)C1=O. The van der Waals surface area contributed by atoms with Gasteiger partial charge in [0.2, 0.25) is 0 Å². The first kappa shape index (κ1) is 23.0. The van der Waals surface area contributed by atoms with Gasteiger partial charge in [-0.2, -0.15) is 0 Å². The summed E-state index contributed by atoms with van der Waals surface area (Å²) in [4.78, 5) is 26.9. The molecule has 1 aliphatic heterocycles. The molecule has 8 heteroatoms. The molecule has 166 valence electrons. The summed E-state index contributed by atoms with van der Waals surface area (Å²) < 4.78 is 8.88. The minimum atomic E-state index is -0.230. The van der Waals surface area contributed by atoms with Crippen molar-refractivity contribution in [2.75, 3.05) is 13.2 Å². The number of hydrogen-bond donors (Lipinski definition) is 0. The van der Waals surface area contributed by atoms with Crippen LogP contribution in [-0.4, -0.2) is 33.8 Å². The third kappa shape index (κ3) is 4.90. The maximum Gasteiger partial charge on any atom is 0.293 e. The van der Waals surface area contributed by atoms with Crippen LogP contribution < -0.4 is 4.74 Å². The summed E-state index contributed by atoms with van der Waals surface area (Å²) in [7, 11) is 0. The van der Waals surface area contributed by atoms with Crippen LogP contribution in [0.3, 0.4) is 0 Å². The molecule has 2 amide bonds. The molecule has 1 aliphatic rings. The number of aromatic nitrogens is 1. The molecule has 1 aromatic heterocycles. The Hall–Kier alpha value is -2.22. The summed E-state index contributed by atoms with van der Waals surface area (Å²) in [6, 6.07) is 13.4. The van der Waals surface area contributed by atoms with Crippen molar-refractivity contribution in [2.45, 2.75) is 20.4 Å². The van der Waals surface area contributed by atoms with Crippen LogP contribution >= 0.6 is 39.3 Å². The summed E-state index contributed by atoms with van der Waals surface area (Å²) in [5.41, 5.74) is 1.90. The Balaban J connectivity index is 1.61. The number of imide groups is 1. The lowest BCUT2D eigenvalue weighted by Crippen LogP contribution is -2.31. The molecule has 2 heterocycles. The molecule has 1 fully saturated rings. The van der Waals surface area contributed by atoms with Gasteiger partial charge < -0.3 is 9.30 Å². The first-order chi connectivity index (χ1) is 15.3. The predicted octanol–water partition coefficient (Wildman–Crippen LogP) is 6.83. The van der Waals surface area contributed by atoms with Crippen molar-refractivity contribution in [3.8, 4) is 5.75 Å². The number of thioether (sulfide) groups is 1. The van der Waals surface area contributed by atoms with E-state index in [0.717, 1.165) is 32.7 Å². The van der Waals surface area contributed by atoms with Gasteiger partial charge in [-0.3, -0.25) is 14.5 Å². The number of fused-ring (bicyclic) bond motifs is 1. The number of para-hydroxylation sites is 1. The van der Waals surface area contributed by atoms with Crippen LogP contribution in [0.5, 0.6) is 5.75 Å². The molecule has 2 aromatic carbocycles. The van der Waals surface area contributed by atoms with Crippen LogP contribution in [-0.2, 0) is 11.3 Å². The van der Waals surface area contributed by atoms with Gasteiger partial charge in [0.05, 0.1) is 16.5 Å². The quantitative estimate of drug-likeness (QED) is 0.312. The molecule has 0 unspecified atom stereocenters. The number of hydrogen-bond acceptors (Lipinski definition) is 4. The number of benzene rings is 2. The van der Waals surface area contributed by atoms with Crippen LogP contribution in [0.25, 0.3) is 17.0 Å². The van der Waals surface area contributed by atoms with E-state index in [-0.39, 0.29) is 17.1 Å². The summed E-state index contributed by atoms with van der Waals surface area (Å²) in [6.45, 7) is 5.44. The highest BCUT2D eigenvalue weighted by Gasteiger charge is 2.35. The normalized spacial score (nSPS) is 15.5. The molecule has 0 N–H and O–H groups in total. The molecule has 0 saturated carbocycles. The van der Waals surface area contributed by atoms with Gasteiger partial charge in [0.25, 0.3) is 11.1 Å². The fraction of sp³-hybridized carbons (Fsp3) is 0.250. The highest BCUT2D eigenvalue weighted by atomic mass is 79.9. The Morgan fingerprint density at radius 2 is 1.97 bits per heavy atom. The average Bonchev–Trinajstić information content (AvgIpc) is 3.21. The van der Waals surface area contributed by atoms with E-state index in [2.05, 4.69) is 20.5 Å². The van der Waals surface area contributed by atoms with Crippen molar-refractivity contribution in [3.63, 3.8) is 0 Å². The Morgan fingerprint density at radius 3 is 2.72 bits per heavy atom. The van der Waals surface area contributed by atoms with Gasteiger partial charge >= 0.3 is 0 Å². The van der Waals surface area contributed by atoms with Crippen molar-refractivity contribution < 1.29 is 14.3 Å². The lowest BCUT2D eigenvalue weighted by Gasteiger charge is -2.14. The van der Waals surface area contributed by atoms with E-state index in [9.17, 15) is 9.59 Å². The van der Waals surface area contributed by atoms with E-state index in [1.165, 1.54) is 4.90 Å². The molecule has 0 spiro atoms. The zero-order valence-corrected chi connectivity index (χ0v) is 20.8. The van der Waals surface area contributed by atoms with Crippen LogP contribution in [0.4, 0.5) is 4.79 Å². The summed E-state index contributed by atoms with van der Waals surface area (Å²) >= 11 is 10.7. The molecule has 0 aliphatic carbocycles. The summed E-state index contributed by atoms with van der Waals surface area (Å²) in [6.07, 6.45) is 3.80. The lowest BCUT2D eigenvalue weighted by atomic mass is 10.1. The third-order valence-electron chi connectivity index (χ3n) is 5.01. The zero-order valence-electron chi connectivity index (χ0n) is 17.7. The van der Waals surface area contributed by atoms with Crippen LogP contribution in [0.1, 0.15) is 19.4 Å². The highest BCUT2D eigenvalue weighted by molar-refractivity contribution is 9.10. The number of carbonyl (C=O) groups excluding carboxylic acids is 2. The number of halogens is 2. The predicted molar refractivity (Wildman–Crippen MR) is 134 cm³/mol. The van der Waals surface area contributed by atoms with E-state index >= 15 is 0 Å². The first-order valence-electron chi connectivity index (χ1n) is 10.2. The Kier molecular flexibility index (Phi) is 6.98. The first-order valence-corrected chi connectivity index (χ1v) is 12.2. The molecular formula is C24H22BrClN2O3S. The van der Waals surface area contributed by atoms with E-state index < -0.39 is 0 Å². The van der Waals surface area contributed by atoms with Crippen molar-refractivity contribution in [3.05, 3.63) is 68.6 Å². The molecule has 0 bridgehead atoms. The van der Waals surface area contributed by atoms with Gasteiger partial charge in [0.1, 0.15) is 12.4 Å². The van der Waals surface area contributed by atoms with E-state index in [1.807, 2.05) is 62.5 Å². The summed E-state index contributed by atoms with van der Waals surface area (Å²) in [5.74, 6) is 0.637. The van der Waals surface area contributed by atoms with E-state index in [4.69, 9.17) is 16.3 Å². The van der Waals surface area contributed by atoms with Gasteiger partial charge in [0.15, 0.2) is 0 Å². The number of nitrogens with zero attached hydrogens (tertiary/aromatic N) is 2. The molecule has 5 nitrogen and oxygen atoms in total. The minimum absolute atomic E-state index is 0.215. The molecule has 0 radical (unpaired) electrons. The van der Waals surface area contributed by atoms with Gasteiger partial charge in [-0.25, -0.2) is 0 Å². The monoisotopic (exact) mass is 532 g/mol. The highest BCUT2D eigenvalue weighted by Crippen LogP contribution is 2.35. The molecule has 32 heavy (non-hydrogen) atoms. The second kappa shape index (κ2) is 9.73. The molecule has 0 atom stereocenters. The number of amides is 2. The third-order valence-corrected chi connectivity index (χ3v) is 6.72. The second-order valence-electron chi connectivity index (χ2n) is 7.90. The standard InChI is InChI=1S/C24H22BrClN2O3S/c1-15(2)13-28-23(29)22(32-24(28)30)11-16-14-27(20-8-7-17(25)12-18(16)20)9-10-31-21-6-4-3-5-19(21)26/h3-8,11-12,14-15H,9-10,13H2,1-2H3/b22-11-. The van der Waals surface area contributed by atoms with Gasteiger partial charge in [-0.05, 0) is 54.1 Å². The van der Waals surface area contributed by atoms with Crippen molar-refractivity contribution in [1.29, 1.82) is 0 Å². The number of rotatable bonds is 7. The molecular weight excluding hydrogens is 512 g/mol. The number of ether oxygens (including phenoxy) is 1. The molecule has 3 aromatic rings. The summed E-state index contributed by atoms with van der Waals surface area (Å²) in [5, 5.41) is 1.35. The van der Waals surface area contributed by atoms with Gasteiger partial charge in [0, 0.05) is 33.7 Å². The van der Waals surface area contributed by atoms with Crippen LogP contribution in [0.15, 0.2) is 58.0 Å². The van der Waals surface area contributed by atoms with E-state index in [1.54, 1.807) is 6.07 Å². The average molecular weight is 534 g/mol. The molecule has 1 saturated heterocycles. The maximum atomic E-state index is 12.8. The van der Waals surface area contributed by atoms with Crippen molar-refractivity contribution in [2.24, 2.45) is 5.92 Å². The lowest BCUT2D eigenvalue weighted by molar-refractivity contribution is -0.123. The Labute approximate surface area is 204 Å². The maximum absolute atomic E-state index is 12.8. The minimum Gasteiger partial charge on any atom is -0.490 e. The fourth-order valence-electron chi connectivity index (χ4n) is 3.58. The van der Waals surface area contributed by atoms with Gasteiger partial charge in [-0.15, -0.1) is 0 Å². The molecule has 4 rings (SSSR count). The topological polar surface area (TPSA) is 51.5 Å². The number of carbonyl (C=O) groups is 2. The fourth-order valence-corrected chi connectivity index (χ4v) is 4.97.